The molecule has 0 spiro atoms. The van der Waals surface area contributed by atoms with Gasteiger partial charge >= 0.3 is 0 Å². The van der Waals surface area contributed by atoms with Crippen molar-refractivity contribution in [2.75, 3.05) is 39.8 Å². The molecular weight excluding hydrogens is 258 g/mol. The summed E-state index contributed by atoms with van der Waals surface area (Å²) < 4.78 is 5.76. The van der Waals surface area contributed by atoms with E-state index in [1.54, 1.807) is 0 Å². The van der Waals surface area contributed by atoms with Gasteiger partial charge in [-0.3, -0.25) is 4.99 Å². The first-order valence-corrected chi connectivity index (χ1v) is 8.36. The Morgan fingerprint density at radius 2 is 2.26 bits per heavy atom. The number of likely N-dealkylation sites (N-methyl/N-ethyl adjacent to an activating group) is 1. The Balaban J connectivity index is 1.70. The van der Waals surface area contributed by atoms with Crippen LogP contribution in [0.5, 0.6) is 0 Å². The fourth-order valence-electron chi connectivity index (χ4n) is 2.74. The average molecular weight is 285 g/mol. The van der Waals surface area contributed by atoms with Crippen LogP contribution in [0.3, 0.4) is 0 Å². The minimum atomic E-state index is 0.300. The number of thioether (sulfide) groups is 1. The molecule has 2 aliphatic heterocycles. The fourth-order valence-corrected chi connectivity index (χ4v) is 4.07. The highest BCUT2D eigenvalue weighted by Crippen LogP contribution is 2.30. The summed E-state index contributed by atoms with van der Waals surface area (Å²) in [6, 6.07) is 0. The van der Waals surface area contributed by atoms with Crippen LogP contribution in [0, 0.1) is 5.92 Å². The van der Waals surface area contributed by atoms with Gasteiger partial charge < -0.3 is 15.0 Å². The SMILES string of the molecule is CCC(CC)C1CN=C(NCC2CN(C)CCO2)S1. The van der Waals surface area contributed by atoms with Crippen LogP contribution in [0.1, 0.15) is 26.7 Å². The van der Waals surface area contributed by atoms with E-state index in [9.17, 15) is 0 Å². The van der Waals surface area contributed by atoms with Crippen LogP contribution in [0.15, 0.2) is 4.99 Å². The molecule has 0 aromatic carbocycles. The molecule has 1 N–H and O–H groups in total. The molecule has 0 amide bonds. The Morgan fingerprint density at radius 1 is 1.47 bits per heavy atom. The third kappa shape index (κ3) is 4.36. The van der Waals surface area contributed by atoms with Crippen LogP contribution < -0.4 is 5.32 Å². The topological polar surface area (TPSA) is 36.9 Å². The average Bonchev–Trinajstić information content (AvgIpc) is 2.87. The molecule has 2 rings (SSSR count). The molecule has 5 heteroatoms. The maximum atomic E-state index is 5.76. The number of rotatable bonds is 5. The fraction of sp³-hybridized carbons (Fsp3) is 0.929. The van der Waals surface area contributed by atoms with Crippen molar-refractivity contribution in [2.45, 2.75) is 38.0 Å². The second kappa shape index (κ2) is 7.50. The van der Waals surface area contributed by atoms with Crippen molar-refractivity contribution in [3.05, 3.63) is 0 Å². The van der Waals surface area contributed by atoms with E-state index in [0.29, 0.717) is 11.4 Å². The summed E-state index contributed by atoms with van der Waals surface area (Å²) >= 11 is 1.93. The van der Waals surface area contributed by atoms with Gasteiger partial charge in [-0.25, -0.2) is 0 Å². The Kier molecular flexibility index (Phi) is 5.98. The van der Waals surface area contributed by atoms with E-state index in [-0.39, 0.29) is 0 Å². The van der Waals surface area contributed by atoms with E-state index < -0.39 is 0 Å². The van der Waals surface area contributed by atoms with Crippen molar-refractivity contribution in [3.63, 3.8) is 0 Å². The van der Waals surface area contributed by atoms with Crippen LogP contribution >= 0.6 is 11.8 Å². The molecule has 2 heterocycles. The molecule has 4 nitrogen and oxygen atoms in total. The molecule has 1 saturated heterocycles. The molecule has 2 aliphatic rings. The van der Waals surface area contributed by atoms with Gasteiger partial charge in [0, 0.05) is 24.9 Å². The van der Waals surface area contributed by atoms with Crippen LogP contribution in [-0.2, 0) is 4.74 Å². The van der Waals surface area contributed by atoms with E-state index in [4.69, 9.17) is 4.74 Å². The van der Waals surface area contributed by atoms with Gasteiger partial charge in [0.25, 0.3) is 0 Å². The summed E-state index contributed by atoms with van der Waals surface area (Å²) in [5.41, 5.74) is 0. The lowest BCUT2D eigenvalue weighted by molar-refractivity contribution is -0.0159. The van der Waals surface area contributed by atoms with Crippen LogP contribution in [0.4, 0.5) is 0 Å². The van der Waals surface area contributed by atoms with Gasteiger partial charge in [-0.1, -0.05) is 38.5 Å². The van der Waals surface area contributed by atoms with Gasteiger partial charge in [-0.15, -0.1) is 0 Å². The smallest absolute Gasteiger partial charge is 0.157 e. The van der Waals surface area contributed by atoms with Crippen molar-refractivity contribution in [2.24, 2.45) is 10.9 Å². The van der Waals surface area contributed by atoms with Gasteiger partial charge in [0.2, 0.25) is 0 Å². The highest BCUT2D eigenvalue weighted by molar-refractivity contribution is 8.14. The molecule has 110 valence electrons. The predicted octanol–water partition coefficient (Wildman–Crippen LogP) is 1.81. The van der Waals surface area contributed by atoms with Gasteiger partial charge in [0.15, 0.2) is 5.17 Å². The highest BCUT2D eigenvalue weighted by atomic mass is 32.2. The number of ether oxygens (including phenoxy) is 1. The van der Waals surface area contributed by atoms with Crippen molar-refractivity contribution >= 4 is 16.9 Å². The van der Waals surface area contributed by atoms with Crippen LogP contribution in [0.25, 0.3) is 0 Å². The quantitative estimate of drug-likeness (QED) is 0.836. The van der Waals surface area contributed by atoms with Gasteiger partial charge in [-0.05, 0) is 13.0 Å². The molecule has 19 heavy (non-hydrogen) atoms. The molecule has 0 radical (unpaired) electrons. The minimum absolute atomic E-state index is 0.300. The molecule has 1 fully saturated rings. The lowest BCUT2D eigenvalue weighted by atomic mass is 9.99. The van der Waals surface area contributed by atoms with E-state index >= 15 is 0 Å². The molecular formula is C14H27N3OS. The van der Waals surface area contributed by atoms with Crippen molar-refractivity contribution in [1.82, 2.24) is 10.2 Å². The normalized spacial score (nSPS) is 28.7. The molecule has 0 bridgehead atoms. The molecule has 2 atom stereocenters. The van der Waals surface area contributed by atoms with E-state index in [1.807, 2.05) is 11.8 Å². The number of amidine groups is 1. The summed E-state index contributed by atoms with van der Waals surface area (Å²) in [7, 11) is 2.15. The summed E-state index contributed by atoms with van der Waals surface area (Å²) in [5, 5.41) is 5.26. The number of morpholine rings is 1. The first-order chi connectivity index (χ1) is 9.22. The summed E-state index contributed by atoms with van der Waals surface area (Å²) in [6.45, 7) is 9.33. The third-order valence-corrected chi connectivity index (χ3v) is 5.41. The Labute approximate surface area is 121 Å². The number of hydrogen-bond acceptors (Lipinski definition) is 5. The van der Waals surface area contributed by atoms with Crippen molar-refractivity contribution < 1.29 is 4.74 Å². The van der Waals surface area contributed by atoms with Crippen LogP contribution in [-0.4, -0.2) is 61.3 Å². The maximum Gasteiger partial charge on any atom is 0.157 e. The highest BCUT2D eigenvalue weighted by Gasteiger charge is 2.26. The van der Waals surface area contributed by atoms with Crippen molar-refractivity contribution in [3.8, 4) is 0 Å². The number of hydrogen-bond donors (Lipinski definition) is 1. The summed E-state index contributed by atoms with van der Waals surface area (Å²) in [6.07, 6.45) is 2.82. The van der Waals surface area contributed by atoms with E-state index in [2.05, 4.69) is 36.1 Å². The van der Waals surface area contributed by atoms with Crippen molar-refractivity contribution in [1.29, 1.82) is 0 Å². The van der Waals surface area contributed by atoms with Crippen LogP contribution in [0.2, 0.25) is 0 Å². The first kappa shape index (κ1) is 15.1. The Hall–Kier alpha value is -0.260. The molecule has 0 aliphatic carbocycles. The van der Waals surface area contributed by atoms with Gasteiger partial charge in [0.1, 0.15) is 0 Å². The van der Waals surface area contributed by atoms with Gasteiger partial charge in [-0.2, -0.15) is 0 Å². The second-order valence-electron chi connectivity index (χ2n) is 5.51. The lowest BCUT2D eigenvalue weighted by Crippen LogP contribution is -2.45. The first-order valence-electron chi connectivity index (χ1n) is 7.48. The van der Waals surface area contributed by atoms with E-state index in [0.717, 1.165) is 43.9 Å². The molecule has 0 aromatic rings. The zero-order chi connectivity index (χ0) is 13.7. The number of aliphatic imine (C=N–C) groups is 1. The molecule has 0 saturated carbocycles. The third-order valence-electron chi connectivity index (χ3n) is 4.08. The Bertz CT molecular complexity index is 307. The maximum absolute atomic E-state index is 5.76. The predicted molar refractivity (Wildman–Crippen MR) is 83.0 cm³/mol. The largest absolute Gasteiger partial charge is 0.374 e. The molecule has 0 aromatic heterocycles. The second-order valence-corrected chi connectivity index (χ2v) is 6.74. The minimum Gasteiger partial charge on any atom is -0.374 e. The number of nitrogens with one attached hydrogen (secondary N) is 1. The zero-order valence-electron chi connectivity index (χ0n) is 12.4. The lowest BCUT2D eigenvalue weighted by Gasteiger charge is -2.30. The molecule has 2 unspecified atom stereocenters. The zero-order valence-corrected chi connectivity index (χ0v) is 13.2. The standard InChI is InChI=1S/C14H27N3OS/c1-4-11(5-2)13-9-16-14(19-13)15-8-12-10-17(3)6-7-18-12/h11-13H,4-10H2,1-3H3,(H,15,16). The monoisotopic (exact) mass is 285 g/mol. The van der Waals surface area contributed by atoms with Gasteiger partial charge in [0.05, 0.1) is 19.3 Å². The van der Waals surface area contributed by atoms with E-state index in [1.165, 1.54) is 12.8 Å². The summed E-state index contributed by atoms with van der Waals surface area (Å²) in [4.78, 5) is 6.96. The number of nitrogens with zero attached hydrogens (tertiary/aromatic N) is 2. The summed E-state index contributed by atoms with van der Waals surface area (Å²) in [5.74, 6) is 0.796. The Morgan fingerprint density at radius 3 is 2.95 bits per heavy atom.